The molecule has 0 spiro atoms. The summed E-state index contributed by atoms with van der Waals surface area (Å²) in [5.74, 6) is -1.07. The zero-order valence-corrected chi connectivity index (χ0v) is 21.8. The lowest BCUT2D eigenvalue weighted by molar-refractivity contribution is 0.0689. The number of aromatic carboxylic acids is 1. The van der Waals surface area contributed by atoms with Gasteiger partial charge in [0.25, 0.3) is 0 Å². The third kappa shape index (κ3) is 5.08. The molecule has 4 rings (SSSR count). The van der Waals surface area contributed by atoms with Crippen molar-refractivity contribution in [1.29, 1.82) is 0 Å². The molecule has 1 aliphatic heterocycles. The molecule has 0 saturated heterocycles. The fourth-order valence-electron chi connectivity index (χ4n) is 3.61. The van der Waals surface area contributed by atoms with Gasteiger partial charge in [0, 0.05) is 15.8 Å². The molecule has 10 heteroatoms. The molecule has 2 aromatic carbocycles. The van der Waals surface area contributed by atoms with Crippen LogP contribution in [0.15, 0.2) is 47.5 Å². The molecule has 0 bridgehead atoms. The van der Waals surface area contributed by atoms with Gasteiger partial charge in [0.05, 0.1) is 26.4 Å². The number of nitrogens with zero attached hydrogens (tertiary/aromatic N) is 3. The van der Waals surface area contributed by atoms with Crippen molar-refractivity contribution in [3.63, 3.8) is 0 Å². The number of carboxylic acid groups (broad SMARTS) is 1. The molecule has 33 heavy (non-hydrogen) atoms. The van der Waals surface area contributed by atoms with Crippen LogP contribution >= 0.6 is 58.3 Å². The monoisotopic (exact) mass is 539 g/mol. The molecule has 0 aliphatic carbocycles. The summed E-state index contributed by atoms with van der Waals surface area (Å²) < 4.78 is 1.47. The predicted molar refractivity (Wildman–Crippen MR) is 141 cm³/mol. The summed E-state index contributed by atoms with van der Waals surface area (Å²) in [6, 6.07) is 12.3. The van der Waals surface area contributed by atoms with Crippen LogP contribution in [0.5, 0.6) is 0 Å². The predicted octanol–water partition coefficient (Wildman–Crippen LogP) is 7.68. The van der Waals surface area contributed by atoms with E-state index in [0.29, 0.717) is 36.7 Å². The van der Waals surface area contributed by atoms with Crippen LogP contribution in [0.1, 0.15) is 41.6 Å². The molecule has 2 heterocycles. The maximum atomic E-state index is 12.4. The third-order valence-corrected chi connectivity index (χ3v) is 8.66. The van der Waals surface area contributed by atoms with Crippen LogP contribution in [-0.2, 0) is 0 Å². The molecular weight excluding hydrogens is 521 g/mol. The minimum Gasteiger partial charge on any atom is -0.476 e. The molecule has 0 fully saturated rings. The highest BCUT2D eigenvalue weighted by atomic mass is 35.5. The van der Waals surface area contributed by atoms with E-state index < -0.39 is 5.97 Å². The fourth-order valence-corrected chi connectivity index (χ4v) is 7.05. The summed E-state index contributed by atoms with van der Waals surface area (Å²) in [5.41, 5.74) is 2.88. The summed E-state index contributed by atoms with van der Waals surface area (Å²) >= 11 is 21.7. The molecule has 2 unspecified atom stereocenters. The normalized spacial score (nSPS) is 18.1. The van der Waals surface area contributed by atoms with Crippen molar-refractivity contribution in [2.24, 2.45) is 4.99 Å². The van der Waals surface area contributed by atoms with Gasteiger partial charge in [-0.3, -0.25) is 4.99 Å². The van der Waals surface area contributed by atoms with E-state index >= 15 is 0 Å². The number of rotatable bonds is 5. The number of benzene rings is 2. The number of hydrogen-bond acceptors (Lipinski definition) is 5. The van der Waals surface area contributed by atoms with Gasteiger partial charge in [0.1, 0.15) is 0 Å². The maximum Gasteiger partial charge on any atom is 0.355 e. The first kappa shape index (κ1) is 24.5. The van der Waals surface area contributed by atoms with Crippen LogP contribution in [0, 0.1) is 6.92 Å². The Morgan fingerprint density at radius 2 is 1.82 bits per heavy atom. The zero-order valence-electron chi connectivity index (χ0n) is 17.9. The van der Waals surface area contributed by atoms with Crippen molar-refractivity contribution in [3.05, 3.63) is 74.5 Å². The first-order chi connectivity index (χ1) is 15.7. The second-order valence-electron chi connectivity index (χ2n) is 7.73. The number of hydrogen-bond donors (Lipinski definition) is 1. The van der Waals surface area contributed by atoms with E-state index in [9.17, 15) is 9.90 Å². The Hall–Kier alpha value is -1.64. The number of aromatic nitrogens is 2. The third-order valence-electron chi connectivity index (χ3n) is 5.00. The van der Waals surface area contributed by atoms with Gasteiger partial charge >= 0.3 is 5.97 Å². The first-order valence-corrected chi connectivity index (χ1v) is 13.1. The van der Waals surface area contributed by atoms with E-state index in [1.165, 1.54) is 16.4 Å². The Balaban J connectivity index is 1.82. The summed E-state index contributed by atoms with van der Waals surface area (Å²) in [4.78, 5) is 17.3. The number of carboxylic acids is 1. The minimum absolute atomic E-state index is 0.0300. The van der Waals surface area contributed by atoms with Gasteiger partial charge < -0.3 is 5.11 Å². The van der Waals surface area contributed by atoms with Gasteiger partial charge in [-0.25, -0.2) is 9.48 Å². The van der Waals surface area contributed by atoms with Crippen LogP contribution in [0.4, 0.5) is 0 Å². The lowest BCUT2D eigenvalue weighted by Crippen LogP contribution is -2.16. The Morgan fingerprint density at radius 3 is 2.42 bits per heavy atom. The van der Waals surface area contributed by atoms with E-state index in [0.717, 1.165) is 11.1 Å². The lowest BCUT2D eigenvalue weighted by Gasteiger charge is -2.19. The minimum atomic E-state index is -1.07. The number of carbonyl (C=O) groups is 1. The molecule has 2 atom stereocenters. The van der Waals surface area contributed by atoms with Crippen LogP contribution in [0.25, 0.3) is 11.1 Å². The second kappa shape index (κ2) is 9.92. The number of thioether (sulfide) groups is 2. The van der Waals surface area contributed by atoms with Gasteiger partial charge in [-0.05, 0) is 42.3 Å². The quantitative estimate of drug-likeness (QED) is 0.359. The van der Waals surface area contributed by atoms with Gasteiger partial charge in [-0.1, -0.05) is 78.6 Å². The summed E-state index contributed by atoms with van der Waals surface area (Å²) in [6.45, 7) is 6.03. The van der Waals surface area contributed by atoms with E-state index in [1.807, 2.05) is 12.1 Å². The average Bonchev–Trinajstić information content (AvgIpc) is 3.31. The van der Waals surface area contributed by atoms with Gasteiger partial charge in [-0.2, -0.15) is 5.10 Å². The molecule has 1 aromatic heterocycles. The van der Waals surface area contributed by atoms with Crippen LogP contribution in [-0.4, -0.2) is 35.9 Å². The Labute approximate surface area is 215 Å². The van der Waals surface area contributed by atoms with Crippen molar-refractivity contribution >= 4 is 69.5 Å². The molecule has 1 aliphatic rings. The Bertz CT molecular complexity index is 1240. The van der Waals surface area contributed by atoms with E-state index in [-0.39, 0.29) is 16.3 Å². The van der Waals surface area contributed by atoms with Crippen LogP contribution in [0.2, 0.25) is 15.1 Å². The molecule has 0 amide bonds. The highest BCUT2D eigenvalue weighted by Crippen LogP contribution is 2.47. The molecule has 1 N–H and O–H groups in total. The highest BCUT2D eigenvalue weighted by Gasteiger charge is 2.36. The SMILES string of the molecule is Cc1nn(C2=NC(c3ccc(Cl)c(Cl)c3)C(SC(C)C)S2)c(C(=O)O)c1-c1ccc(Cl)cc1. The lowest BCUT2D eigenvalue weighted by atomic mass is 10.0. The fraction of sp³-hybridized carbons (Fsp3) is 0.261. The molecule has 0 saturated carbocycles. The number of aryl methyl sites for hydroxylation is 1. The molecule has 0 radical (unpaired) electrons. The zero-order chi connectivity index (χ0) is 23.9. The standard InChI is InChI=1S/C23H20Cl3N3O2S2/c1-11(2)32-22-19(14-6-9-16(25)17(26)10-14)27-23(33-22)29-20(21(30)31)18(12(3)28-29)13-4-7-15(24)8-5-13/h4-11,19,22H,1-3H3,(H,30,31). The molecule has 3 aromatic rings. The average molecular weight is 541 g/mol. The van der Waals surface area contributed by atoms with Gasteiger partial charge in [0.2, 0.25) is 0 Å². The van der Waals surface area contributed by atoms with Crippen molar-refractivity contribution < 1.29 is 9.90 Å². The van der Waals surface area contributed by atoms with Gasteiger partial charge in [0.15, 0.2) is 10.9 Å². The van der Waals surface area contributed by atoms with Crippen molar-refractivity contribution in [2.45, 2.75) is 36.6 Å². The maximum absolute atomic E-state index is 12.4. The van der Waals surface area contributed by atoms with E-state index in [1.54, 1.807) is 49.0 Å². The van der Waals surface area contributed by atoms with Crippen molar-refractivity contribution in [1.82, 2.24) is 9.78 Å². The van der Waals surface area contributed by atoms with Crippen molar-refractivity contribution in [3.8, 4) is 11.1 Å². The van der Waals surface area contributed by atoms with E-state index in [4.69, 9.17) is 39.8 Å². The summed E-state index contributed by atoms with van der Waals surface area (Å²) in [7, 11) is 0. The second-order valence-corrected chi connectivity index (χ2v) is 12.1. The molecule has 5 nitrogen and oxygen atoms in total. The Morgan fingerprint density at radius 1 is 1.12 bits per heavy atom. The molecule has 172 valence electrons. The highest BCUT2D eigenvalue weighted by molar-refractivity contribution is 8.25. The topological polar surface area (TPSA) is 67.5 Å². The van der Waals surface area contributed by atoms with E-state index in [2.05, 4.69) is 18.9 Å². The smallest absolute Gasteiger partial charge is 0.355 e. The van der Waals surface area contributed by atoms with Crippen molar-refractivity contribution in [2.75, 3.05) is 0 Å². The van der Waals surface area contributed by atoms with Crippen LogP contribution in [0.3, 0.4) is 0 Å². The van der Waals surface area contributed by atoms with Gasteiger partial charge in [-0.15, -0.1) is 11.8 Å². The molecular formula is C23H20Cl3N3O2S2. The Kier molecular flexibility index (Phi) is 7.36. The largest absolute Gasteiger partial charge is 0.476 e. The summed E-state index contributed by atoms with van der Waals surface area (Å²) in [6.07, 6.45) is 0. The number of halogens is 3. The van der Waals surface area contributed by atoms with Crippen LogP contribution < -0.4 is 0 Å². The first-order valence-electron chi connectivity index (χ1n) is 10.1. The number of aliphatic imine (C=N–C) groups is 1. The summed E-state index contributed by atoms with van der Waals surface area (Å²) in [5, 5.41) is 17.1.